The van der Waals surface area contributed by atoms with Crippen LogP contribution >= 0.6 is 15.6 Å². The molecule has 594 valence electrons. The predicted octanol–water partition coefficient (Wildman–Crippen LogP) is 24.0. The van der Waals surface area contributed by atoms with Crippen LogP contribution in [0.25, 0.3) is 0 Å². The summed E-state index contributed by atoms with van der Waals surface area (Å²) in [6.07, 6.45) is 57.0. The lowest BCUT2D eigenvalue weighted by molar-refractivity contribution is -0.161. The molecule has 7 atom stereocenters. The standard InChI is InChI=1S/C81H158O17P2/c1-9-73(7)59-51-43-34-28-24-20-17-18-22-26-30-38-48-56-63-80(85)97-76(67-91-78(83)61-53-45-36-32-31-35-44-52-60-74(8)10-2)69-95-99(87,88)93-65-75(82)66-94-100(89,90)96-70-77(68-92-79(84)62-54-46-40-39-42-50-58-72(5)6)98-81(86)64-55-47-37-29-25-21-16-14-12-11-13-15-19-23-27-33-41-49-57-71(3)4/h71-77,82H,9-70H2,1-8H3,(H,87,88)(H,89,90)/t73?,74?,75?,76-,77-/m1/s1. The Bertz CT molecular complexity index is 1960. The summed E-state index contributed by atoms with van der Waals surface area (Å²) in [7, 11) is -9.92. The van der Waals surface area contributed by atoms with Crippen molar-refractivity contribution < 1.29 is 80.2 Å². The molecule has 0 aromatic heterocycles. The van der Waals surface area contributed by atoms with Gasteiger partial charge in [0.05, 0.1) is 26.4 Å². The average molecular weight is 1470 g/mol. The van der Waals surface area contributed by atoms with E-state index in [0.29, 0.717) is 31.6 Å². The maximum Gasteiger partial charge on any atom is 0.472 e. The number of aliphatic hydroxyl groups is 1. The molecule has 0 radical (unpaired) electrons. The smallest absolute Gasteiger partial charge is 0.462 e. The van der Waals surface area contributed by atoms with Crippen molar-refractivity contribution in [3.05, 3.63) is 0 Å². The van der Waals surface area contributed by atoms with E-state index >= 15 is 0 Å². The van der Waals surface area contributed by atoms with Crippen LogP contribution in [0.5, 0.6) is 0 Å². The maximum absolute atomic E-state index is 13.1. The van der Waals surface area contributed by atoms with Gasteiger partial charge >= 0.3 is 39.5 Å². The minimum absolute atomic E-state index is 0.107. The van der Waals surface area contributed by atoms with Crippen molar-refractivity contribution in [2.75, 3.05) is 39.6 Å². The van der Waals surface area contributed by atoms with Crippen molar-refractivity contribution >= 4 is 39.5 Å². The number of carbonyl (C=O) groups is 4. The van der Waals surface area contributed by atoms with E-state index in [1.165, 1.54) is 212 Å². The van der Waals surface area contributed by atoms with Gasteiger partial charge in [-0.2, -0.15) is 0 Å². The van der Waals surface area contributed by atoms with Crippen LogP contribution in [0.4, 0.5) is 0 Å². The Morgan fingerprint density at radius 3 is 0.710 bits per heavy atom. The normalized spacial score (nSPS) is 14.6. The minimum atomic E-state index is -4.96. The summed E-state index contributed by atoms with van der Waals surface area (Å²) in [5.74, 6) is 1.01. The first-order chi connectivity index (χ1) is 48.2. The van der Waals surface area contributed by atoms with Crippen molar-refractivity contribution in [1.82, 2.24) is 0 Å². The Hall–Kier alpha value is -1.94. The van der Waals surface area contributed by atoms with Crippen molar-refractivity contribution in [3.63, 3.8) is 0 Å². The third-order valence-corrected chi connectivity index (χ3v) is 21.4. The van der Waals surface area contributed by atoms with Gasteiger partial charge in [-0.05, 0) is 49.4 Å². The number of hydrogen-bond donors (Lipinski definition) is 3. The molecule has 0 aromatic carbocycles. The summed E-state index contributed by atoms with van der Waals surface area (Å²) in [6, 6.07) is 0. The Labute approximate surface area is 613 Å². The van der Waals surface area contributed by atoms with Gasteiger partial charge in [-0.3, -0.25) is 37.3 Å². The lowest BCUT2D eigenvalue weighted by atomic mass is 9.99. The number of esters is 4. The maximum atomic E-state index is 13.1. The summed E-state index contributed by atoms with van der Waals surface area (Å²) in [5.41, 5.74) is 0. The van der Waals surface area contributed by atoms with Gasteiger partial charge in [0.15, 0.2) is 12.2 Å². The second kappa shape index (κ2) is 70.1. The van der Waals surface area contributed by atoms with Gasteiger partial charge in [-0.1, -0.05) is 364 Å². The van der Waals surface area contributed by atoms with E-state index in [4.69, 9.17) is 37.0 Å². The van der Waals surface area contributed by atoms with Crippen LogP contribution in [0.3, 0.4) is 0 Å². The molecule has 0 aromatic rings. The number of phosphoric ester groups is 2. The second-order valence-electron chi connectivity index (χ2n) is 30.6. The Morgan fingerprint density at radius 2 is 0.480 bits per heavy atom. The van der Waals surface area contributed by atoms with Crippen LogP contribution in [0.2, 0.25) is 0 Å². The molecule has 19 heteroatoms. The fourth-order valence-corrected chi connectivity index (χ4v) is 13.9. The molecule has 17 nitrogen and oxygen atoms in total. The molecule has 3 N–H and O–H groups in total. The highest BCUT2D eigenvalue weighted by Gasteiger charge is 2.30. The zero-order valence-electron chi connectivity index (χ0n) is 65.8. The third kappa shape index (κ3) is 71.7. The molecule has 5 unspecified atom stereocenters. The highest BCUT2D eigenvalue weighted by Crippen LogP contribution is 2.45. The fourth-order valence-electron chi connectivity index (χ4n) is 12.4. The quantitative estimate of drug-likeness (QED) is 0.0222. The highest BCUT2D eigenvalue weighted by atomic mass is 31.2. The molecule has 0 spiro atoms. The number of unbranched alkanes of at least 4 members (excludes halogenated alkanes) is 42. The van der Waals surface area contributed by atoms with Crippen LogP contribution in [0, 0.1) is 23.7 Å². The van der Waals surface area contributed by atoms with E-state index in [-0.39, 0.29) is 25.7 Å². The van der Waals surface area contributed by atoms with E-state index in [0.717, 1.165) is 114 Å². The van der Waals surface area contributed by atoms with Crippen LogP contribution in [0.15, 0.2) is 0 Å². The number of aliphatic hydroxyl groups excluding tert-OH is 1. The molecular weight excluding hydrogens is 1310 g/mol. The van der Waals surface area contributed by atoms with Crippen molar-refractivity contribution in [2.45, 2.75) is 433 Å². The van der Waals surface area contributed by atoms with E-state index in [1.54, 1.807) is 0 Å². The monoisotopic (exact) mass is 1470 g/mol. The first-order valence-electron chi connectivity index (χ1n) is 41.8. The molecule has 0 heterocycles. The van der Waals surface area contributed by atoms with Crippen LogP contribution in [0.1, 0.15) is 415 Å². The number of ether oxygens (including phenoxy) is 4. The zero-order chi connectivity index (χ0) is 73.8. The van der Waals surface area contributed by atoms with Gasteiger partial charge in [-0.15, -0.1) is 0 Å². The van der Waals surface area contributed by atoms with E-state index in [2.05, 4.69) is 55.4 Å². The van der Waals surface area contributed by atoms with Crippen LogP contribution < -0.4 is 0 Å². The number of hydrogen-bond acceptors (Lipinski definition) is 15. The Balaban J connectivity index is 5.18. The van der Waals surface area contributed by atoms with Crippen LogP contribution in [-0.4, -0.2) is 96.7 Å². The summed E-state index contributed by atoms with van der Waals surface area (Å²) in [4.78, 5) is 73.0. The lowest BCUT2D eigenvalue weighted by Crippen LogP contribution is -2.30. The number of rotatable bonds is 78. The van der Waals surface area contributed by atoms with E-state index < -0.39 is 97.5 Å². The fraction of sp³-hybridized carbons (Fsp3) is 0.951. The molecule has 0 aliphatic heterocycles. The van der Waals surface area contributed by atoms with Crippen molar-refractivity contribution in [1.29, 1.82) is 0 Å². The molecule has 0 aliphatic rings. The summed E-state index contributed by atoms with van der Waals surface area (Å²) in [5, 5.41) is 10.6. The van der Waals surface area contributed by atoms with Crippen molar-refractivity contribution in [2.24, 2.45) is 23.7 Å². The summed E-state index contributed by atoms with van der Waals surface area (Å²) in [6.45, 7) is 14.2. The van der Waals surface area contributed by atoms with Crippen molar-refractivity contribution in [3.8, 4) is 0 Å². The topological polar surface area (TPSA) is 237 Å². The molecule has 0 rings (SSSR count). The largest absolute Gasteiger partial charge is 0.472 e. The minimum Gasteiger partial charge on any atom is -0.462 e. The Kier molecular flexibility index (Phi) is 68.7. The highest BCUT2D eigenvalue weighted by molar-refractivity contribution is 7.47. The zero-order valence-corrected chi connectivity index (χ0v) is 67.6. The Morgan fingerprint density at radius 1 is 0.280 bits per heavy atom. The molecule has 100 heavy (non-hydrogen) atoms. The molecule has 0 bridgehead atoms. The molecule has 0 saturated heterocycles. The van der Waals surface area contributed by atoms with Crippen LogP contribution in [-0.2, 0) is 65.4 Å². The molecular formula is C81H158O17P2. The van der Waals surface area contributed by atoms with Gasteiger partial charge in [-0.25, -0.2) is 9.13 Å². The number of phosphoric acid groups is 2. The summed E-state index contributed by atoms with van der Waals surface area (Å²) < 4.78 is 68.7. The predicted molar refractivity (Wildman–Crippen MR) is 409 cm³/mol. The van der Waals surface area contributed by atoms with E-state index in [9.17, 15) is 43.2 Å². The first kappa shape index (κ1) is 98.1. The number of carbonyl (C=O) groups excluding carboxylic acids is 4. The van der Waals surface area contributed by atoms with Gasteiger partial charge < -0.3 is 33.8 Å². The van der Waals surface area contributed by atoms with E-state index in [1.807, 2.05) is 0 Å². The molecule has 0 saturated carbocycles. The van der Waals surface area contributed by atoms with Gasteiger partial charge in [0.1, 0.15) is 19.3 Å². The average Bonchev–Trinajstić information content (AvgIpc) is 0.911. The molecule has 0 aliphatic carbocycles. The first-order valence-corrected chi connectivity index (χ1v) is 44.8. The van der Waals surface area contributed by atoms with Gasteiger partial charge in [0.2, 0.25) is 0 Å². The van der Waals surface area contributed by atoms with Gasteiger partial charge in [0, 0.05) is 25.7 Å². The SMILES string of the molecule is CCC(C)CCCCCCCCCCCCCCCCC(=O)O[C@H](COC(=O)CCCCCCCCCCC(C)CC)COP(=O)(O)OCC(O)COP(=O)(O)OC[C@@H](COC(=O)CCCCCCCCC(C)C)OC(=O)CCCCCCCCCCCCCCCCCCCCC(C)C. The third-order valence-electron chi connectivity index (χ3n) is 19.5. The van der Waals surface area contributed by atoms with Gasteiger partial charge in [0.25, 0.3) is 0 Å². The molecule has 0 fully saturated rings. The lowest BCUT2D eigenvalue weighted by Gasteiger charge is -2.21. The molecule has 0 amide bonds. The second-order valence-corrected chi connectivity index (χ2v) is 33.5. The summed E-state index contributed by atoms with van der Waals surface area (Å²) >= 11 is 0.